The van der Waals surface area contributed by atoms with Crippen molar-refractivity contribution in [3.05, 3.63) is 33.3 Å². The predicted octanol–water partition coefficient (Wildman–Crippen LogP) is 1.63. The number of hydrogen-bond donors (Lipinski definition) is 0. The van der Waals surface area contributed by atoms with Gasteiger partial charge in [-0.15, -0.1) is 0 Å². The Kier molecular flexibility index (Phi) is 4.41. The summed E-state index contributed by atoms with van der Waals surface area (Å²) in [5.74, 6) is -0.492. The molecule has 0 amide bonds. The SMILES string of the molecule is COC(=O)C1COCCN1c1ccc(Cl)cc1[N+](=O)[O-]. The van der Waals surface area contributed by atoms with E-state index < -0.39 is 16.9 Å². The number of carbonyl (C=O) groups is 1. The number of morpholine rings is 1. The van der Waals surface area contributed by atoms with Crippen LogP contribution in [0.15, 0.2) is 18.2 Å². The first-order valence-electron chi connectivity index (χ1n) is 5.90. The van der Waals surface area contributed by atoms with E-state index in [9.17, 15) is 14.9 Å². The Morgan fingerprint density at radius 2 is 2.35 bits per heavy atom. The maximum atomic E-state index is 11.8. The normalized spacial score (nSPS) is 18.7. The average molecular weight is 301 g/mol. The van der Waals surface area contributed by atoms with Gasteiger partial charge in [-0.2, -0.15) is 0 Å². The van der Waals surface area contributed by atoms with E-state index in [1.807, 2.05) is 0 Å². The van der Waals surface area contributed by atoms with E-state index in [0.717, 1.165) is 0 Å². The summed E-state index contributed by atoms with van der Waals surface area (Å²) in [7, 11) is 1.27. The highest BCUT2D eigenvalue weighted by Gasteiger charge is 2.34. The van der Waals surface area contributed by atoms with Gasteiger partial charge in [-0.25, -0.2) is 4.79 Å². The maximum Gasteiger partial charge on any atom is 0.330 e. The van der Waals surface area contributed by atoms with Crippen LogP contribution in [0, 0.1) is 10.1 Å². The molecule has 20 heavy (non-hydrogen) atoms. The minimum absolute atomic E-state index is 0.131. The molecule has 1 aliphatic heterocycles. The summed E-state index contributed by atoms with van der Waals surface area (Å²) >= 11 is 5.79. The number of hydrogen-bond acceptors (Lipinski definition) is 6. The number of carbonyl (C=O) groups excluding carboxylic acids is 1. The monoisotopic (exact) mass is 300 g/mol. The van der Waals surface area contributed by atoms with Crippen LogP contribution in [0.25, 0.3) is 0 Å². The molecule has 1 aliphatic rings. The van der Waals surface area contributed by atoms with Crippen molar-refractivity contribution in [2.75, 3.05) is 31.8 Å². The third-order valence-corrected chi connectivity index (χ3v) is 3.28. The van der Waals surface area contributed by atoms with Crippen LogP contribution in [0.4, 0.5) is 11.4 Å². The van der Waals surface area contributed by atoms with Gasteiger partial charge in [0.25, 0.3) is 5.69 Å². The van der Waals surface area contributed by atoms with Gasteiger partial charge in [0.1, 0.15) is 5.69 Å². The van der Waals surface area contributed by atoms with Crippen LogP contribution in [-0.4, -0.2) is 43.8 Å². The molecule has 1 fully saturated rings. The fraction of sp³-hybridized carbons (Fsp3) is 0.417. The van der Waals surface area contributed by atoms with Crippen LogP contribution < -0.4 is 4.90 Å². The molecule has 0 bridgehead atoms. The fourth-order valence-corrected chi connectivity index (χ4v) is 2.28. The number of ether oxygens (including phenoxy) is 2. The first kappa shape index (κ1) is 14.5. The molecular weight excluding hydrogens is 288 g/mol. The van der Waals surface area contributed by atoms with Crippen molar-refractivity contribution in [3.63, 3.8) is 0 Å². The summed E-state index contributed by atoms with van der Waals surface area (Å²) in [5, 5.41) is 11.4. The minimum atomic E-state index is -0.700. The predicted molar refractivity (Wildman–Crippen MR) is 72.1 cm³/mol. The number of nitro groups is 1. The van der Waals surface area contributed by atoms with E-state index in [0.29, 0.717) is 18.8 Å². The second-order valence-corrected chi connectivity index (χ2v) is 4.63. The standard InChI is InChI=1S/C12H13ClN2O5/c1-19-12(16)11-7-20-5-4-14(11)9-3-2-8(13)6-10(9)15(17)18/h2-3,6,11H,4-5,7H2,1H3. The molecule has 1 saturated heterocycles. The molecule has 1 heterocycles. The number of halogens is 1. The molecule has 1 unspecified atom stereocenters. The van der Waals surface area contributed by atoms with Gasteiger partial charge in [0.2, 0.25) is 0 Å². The van der Waals surface area contributed by atoms with Crippen molar-refractivity contribution in [2.45, 2.75) is 6.04 Å². The lowest BCUT2D eigenvalue weighted by Crippen LogP contribution is -2.50. The topological polar surface area (TPSA) is 81.9 Å². The number of benzene rings is 1. The summed E-state index contributed by atoms with van der Waals surface area (Å²) in [6.07, 6.45) is 0. The van der Waals surface area contributed by atoms with Gasteiger partial charge in [0.15, 0.2) is 6.04 Å². The van der Waals surface area contributed by atoms with E-state index in [1.54, 1.807) is 11.0 Å². The van der Waals surface area contributed by atoms with E-state index in [2.05, 4.69) is 0 Å². The van der Waals surface area contributed by atoms with E-state index in [1.165, 1.54) is 19.2 Å². The highest BCUT2D eigenvalue weighted by Crippen LogP contribution is 2.33. The van der Waals surface area contributed by atoms with E-state index >= 15 is 0 Å². The molecular formula is C12H13ClN2O5. The van der Waals surface area contributed by atoms with Crippen molar-refractivity contribution in [1.29, 1.82) is 0 Å². The number of rotatable bonds is 3. The average Bonchev–Trinajstić information content (AvgIpc) is 2.46. The van der Waals surface area contributed by atoms with Gasteiger partial charge in [0, 0.05) is 17.6 Å². The Labute approximate surface area is 120 Å². The molecule has 1 atom stereocenters. The molecule has 0 aliphatic carbocycles. The minimum Gasteiger partial charge on any atom is -0.467 e. The van der Waals surface area contributed by atoms with E-state index in [4.69, 9.17) is 21.1 Å². The summed E-state index contributed by atoms with van der Waals surface area (Å²) in [4.78, 5) is 24.0. The smallest absolute Gasteiger partial charge is 0.330 e. The highest BCUT2D eigenvalue weighted by molar-refractivity contribution is 6.30. The van der Waals surface area contributed by atoms with Crippen molar-refractivity contribution < 1.29 is 19.2 Å². The number of nitro benzene ring substituents is 1. The second kappa shape index (κ2) is 6.06. The van der Waals surface area contributed by atoms with Gasteiger partial charge < -0.3 is 14.4 Å². The summed E-state index contributed by atoms with van der Waals surface area (Å²) in [5.41, 5.74) is 0.186. The molecule has 0 saturated carbocycles. The molecule has 108 valence electrons. The van der Waals surface area contributed by atoms with Crippen molar-refractivity contribution in [1.82, 2.24) is 0 Å². The van der Waals surface area contributed by atoms with Gasteiger partial charge in [-0.1, -0.05) is 11.6 Å². The lowest BCUT2D eigenvalue weighted by Gasteiger charge is -2.34. The molecule has 0 aromatic heterocycles. The first-order valence-corrected chi connectivity index (χ1v) is 6.28. The third-order valence-electron chi connectivity index (χ3n) is 3.05. The highest BCUT2D eigenvalue weighted by atomic mass is 35.5. The fourth-order valence-electron chi connectivity index (χ4n) is 2.11. The molecule has 2 rings (SSSR count). The van der Waals surface area contributed by atoms with Gasteiger partial charge in [0.05, 0.1) is 25.2 Å². The Morgan fingerprint density at radius 3 is 3.00 bits per heavy atom. The molecule has 1 aromatic rings. The lowest BCUT2D eigenvalue weighted by atomic mass is 10.1. The Hall–Kier alpha value is -1.86. The molecule has 0 N–H and O–H groups in total. The Morgan fingerprint density at radius 1 is 1.60 bits per heavy atom. The summed E-state index contributed by atoms with van der Waals surface area (Å²) < 4.78 is 9.95. The van der Waals surface area contributed by atoms with Crippen LogP contribution in [0.1, 0.15) is 0 Å². The zero-order chi connectivity index (χ0) is 14.7. The second-order valence-electron chi connectivity index (χ2n) is 4.20. The van der Waals surface area contributed by atoms with Crippen molar-refractivity contribution in [3.8, 4) is 0 Å². The summed E-state index contributed by atoms with van der Waals surface area (Å²) in [6, 6.07) is 3.64. The Bertz CT molecular complexity index is 537. The zero-order valence-corrected chi connectivity index (χ0v) is 11.5. The number of nitrogens with zero attached hydrogens (tertiary/aromatic N) is 2. The molecule has 0 spiro atoms. The van der Waals surface area contributed by atoms with E-state index in [-0.39, 0.29) is 17.3 Å². The number of esters is 1. The molecule has 7 nitrogen and oxygen atoms in total. The Balaban J connectivity index is 2.42. The van der Waals surface area contributed by atoms with Crippen LogP contribution >= 0.6 is 11.6 Å². The van der Waals surface area contributed by atoms with Crippen LogP contribution in [0.2, 0.25) is 5.02 Å². The summed E-state index contributed by atoms with van der Waals surface area (Å²) in [6.45, 7) is 0.877. The largest absolute Gasteiger partial charge is 0.467 e. The van der Waals surface area contributed by atoms with Crippen LogP contribution in [0.5, 0.6) is 0 Å². The maximum absolute atomic E-state index is 11.8. The van der Waals surface area contributed by atoms with Crippen molar-refractivity contribution >= 4 is 28.9 Å². The number of methoxy groups -OCH3 is 1. The van der Waals surface area contributed by atoms with Gasteiger partial charge in [-0.3, -0.25) is 10.1 Å². The van der Waals surface area contributed by atoms with Gasteiger partial charge >= 0.3 is 5.97 Å². The van der Waals surface area contributed by atoms with Crippen LogP contribution in [0.3, 0.4) is 0 Å². The van der Waals surface area contributed by atoms with Crippen LogP contribution in [-0.2, 0) is 14.3 Å². The molecule has 0 radical (unpaired) electrons. The molecule has 1 aromatic carbocycles. The van der Waals surface area contributed by atoms with Crippen molar-refractivity contribution in [2.24, 2.45) is 0 Å². The molecule has 8 heteroatoms. The quantitative estimate of drug-likeness (QED) is 0.479. The third kappa shape index (κ3) is 2.83. The number of anilines is 1. The zero-order valence-electron chi connectivity index (χ0n) is 10.7. The first-order chi connectivity index (χ1) is 9.54. The lowest BCUT2D eigenvalue weighted by molar-refractivity contribution is -0.384. The van der Waals surface area contributed by atoms with Gasteiger partial charge in [-0.05, 0) is 12.1 Å².